The van der Waals surface area contributed by atoms with Gasteiger partial charge >= 0.3 is 0 Å². The lowest BCUT2D eigenvalue weighted by molar-refractivity contribution is -0.133. The molecule has 0 bridgehead atoms. The van der Waals surface area contributed by atoms with Gasteiger partial charge in [0.05, 0.1) is 13.7 Å². The van der Waals surface area contributed by atoms with Gasteiger partial charge in [0.15, 0.2) is 0 Å². The van der Waals surface area contributed by atoms with Crippen LogP contribution in [-0.4, -0.2) is 38.3 Å². The summed E-state index contributed by atoms with van der Waals surface area (Å²) in [5, 5.41) is 6.31. The second-order valence-electron chi connectivity index (χ2n) is 5.36. The minimum absolute atomic E-state index is 0. The van der Waals surface area contributed by atoms with Crippen molar-refractivity contribution in [1.29, 1.82) is 0 Å². The Kier molecular flexibility index (Phi) is 8.24. The molecule has 5 nitrogen and oxygen atoms in total. The van der Waals surface area contributed by atoms with Crippen molar-refractivity contribution in [3.05, 3.63) is 29.8 Å². The van der Waals surface area contributed by atoms with Crippen LogP contribution in [0.15, 0.2) is 24.3 Å². The van der Waals surface area contributed by atoms with Crippen LogP contribution in [-0.2, 0) is 16.1 Å². The average molecular weight is 329 g/mol. The molecule has 1 aromatic carbocycles. The van der Waals surface area contributed by atoms with Gasteiger partial charge in [0.2, 0.25) is 5.91 Å². The smallest absolute Gasteiger partial charge is 0.249 e. The topological polar surface area (TPSA) is 59.6 Å². The predicted octanol–water partition coefficient (Wildman–Crippen LogP) is 1.89. The third-order valence-corrected chi connectivity index (χ3v) is 3.65. The number of amides is 1. The Hall–Kier alpha value is -1.30. The largest absolute Gasteiger partial charge is 0.497 e. The van der Waals surface area contributed by atoms with Gasteiger partial charge in [-0.3, -0.25) is 4.79 Å². The molecule has 1 fully saturated rings. The maximum atomic E-state index is 12.1. The van der Waals surface area contributed by atoms with E-state index in [1.54, 1.807) is 14.0 Å². The predicted molar refractivity (Wildman–Crippen MR) is 88.5 cm³/mol. The zero-order chi connectivity index (χ0) is 15.1. The van der Waals surface area contributed by atoms with Crippen molar-refractivity contribution in [2.45, 2.75) is 38.5 Å². The van der Waals surface area contributed by atoms with Crippen molar-refractivity contribution >= 4 is 18.3 Å². The molecular formula is C16H25ClN2O3. The second kappa shape index (κ2) is 9.66. The molecule has 2 rings (SSSR count). The highest BCUT2D eigenvalue weighted by molar-refractivity contribution is 5.85. The minimum atomic E-state index is -0.460. The number of ether oxygens (including phenoxy) is 2. The lowest BCUT2D eigenvalue weighted by atomic mass is 10.1. The summed E-state index contributed by atoms with van der Waals surface area (Å²) in [5.74, 6) is 0.744. The molecule has 2 N–H and O–H groups in total. The van der Waals surface area contributed by atoms with E-state index >= 15 is 0 Å². The van der Waals surface area contributed by atoms with E-state index in [-0.39, 0.29) is 24.4 Å². The molecule has 1 unspecified atom stereocenters. The lowest BCUT2D eigenvalue weighted by Crippen LogP contribution is -2.48. The van der Waals surface area contributed by atoms with E-state index in [4.69, 9.17) is 9.47 Å². The molecule has 1 aliphatic heterocycles. The standard InChI is InChI=1S/C16H24N2O3.ClH/c1-12(16(19)18-14-6-4-8-17-10-14)21-11-13-5-3-7-15(9-13)20-2;/h3,5,7,9,12,14,17H,4,6,8,10-11H2,1-2H3,(H,18,19);1H/t12?,14-;/m0./s1. The summed E-state index contributed by atoms with van der Waals surface area (Å²) >= 11 is 0. The van der Waals surface area contributed by atoms with Crippen molar-refractivity contribution in [3.8, 4) is 5.75 Å². The Bertz CT molecular complexity index is 464. The number of halogens is 1. The molecule has 1 aromatic rings. The Labute approximate surface area is 138 Å². The molecule has 124 valence electrons. The number of hydrogen-bond acceptors (Lipinski definition) is 4. The molecule has 1 saturated heterocycles. The van der Waals surface area contributed by atoms with Crippen LogP contribution >= 0.6 is 12.4 Å². The van der Waals surface area contributed by atoms with E-state index in [0.29, 0.717) is 6.61 Å². The molecule has 22 heavy (non-hydrogen) atoms. The quantitative estimate of drug-likeness (QED) is 0.837. The average Bonchev–Trinajstić information content (AvgIpc) is 2.53. The van der Waals surface area contributed by atoms with Gasteiger partial charge in [-0.15, -0.1) is 12.4 Å². The zero-order valence-corrected chi connectivity index (χ0v) is 13.9. The molecule has 0 saturated carbocycles. The summed E-state index contributed by atoms with van der Waals surface area (Å²) in [5.41, 5.74) is 0.994. The molecule has 0 radical (unpaired) electrons. The lowest BCUT2D eigenvalue weighted by Gasteiger charge is -2.25. The summed E-state index contributed by atoms with van der Waals surface area (Å²) in [4.78, 5) is 12.1. The number of carbonyl (C=O) groups is 1. The van der Waals surface area contributed by atoms with E-state index < -0.39 is 6.10 Å². The molecule has 0 spiro atoms. The summed E-state index contributed by atoms with van der Waals surface area (Å²) in [6.45, 7) is 4.06. The van der Waals surface area contributed by atoms with Crippen molar-refractivity contribution in [1.82, 2.24) is 10.6 Å². The molecule has 1 aliphatic rings. The van der Waals surface area contributed by atoms with Crippen LogP contribution < -0.4 is 15.4 Å². The van der Waals surface area contributed by atoms with E-state index in [1.807, 2.05) is 24.3 Å². The van der Waals surface area contributed by atoms with Gasteiger partial charge in [-0.2, -0.15) is 0 Å². The Morgan fingerprint density at radius 3 is 3.00 bits per heavy atom. The minimum Gasteiger partial charge on any atom is -0.497 e. The first-order chi connectivity index (χ1) is 10.2. The second-order valence-corrected chi connectivity index (χ2v) is 5.36. The molecule has 6 heteroatoms. The zero-order valence-electron chi connectivity index (χ0n) is 13.1. The van der Waals surface area contributed by atoms with E-state index in [9.17, 15) is 4.79 Å². The summed E-state index contributed by atoms with van der Waals surface area (Å²) in [6, 6.07) is 7.88. The molecule has 0 aliphatic carbocycles. The third kappa shape index (κ3) is 5.83. The number of piperidine rings is 1. The summed E-state index contributed by atoms with van der Waals surface area (Å²) in [7, 11) is 1.63. The van der Waals surface area contributed by atoms with Crippen LogP contribution in [0.3, 0.4) is 0 Å². The Morgan fingerprint density at radius 2 is 2.32 bits per heavy atom. The van der Waals surface area contributed by atoms with Crippen LogP contribution in [0.25, 0.3) is 0 Å². The first-order valence-corrected chi connectivity index (χ1v) is 7.44. The number of rotatable bonds is 6. The number of benzene rings is 1. The number of nitrogens with one attached hydrogen (secondary N) is 2. The van der Waals surface area contributed by atoms with E-state index in [2.05, 4.69) is 10.6 Å². The van der Waals surface area contributed by atoms with Gasteiger partial charge in [0.1, 0.15) is 11.9 Å². The van der Waals surface area contributed by atoms with Crippen molar-refractivity contribution in [2.24, 2.45) is 0 Å². The third-order valence-electron chi connectivity index (χ3n) is 3.65. The highest BCUT2D eigenvalue weighted by Crippen LogP contribution is 2.14. The Morgan fingerprint density at radius 1 is 1.50 bits per heavy atom. The first kappa shape index (κ1) is 18.7. The highest BCUT2D eigenvalue weighted by atomic mass is 35.5. The fraction of sp³-hybridized carbons (Fsp3) is 0.562. The molecule has 1 amide bonds. The van der Waals surface area contributed by atoms with Crippen LogP contribution in [0.2, 0.25) is 0 Å². The van der Waals surface area contributed by atoms with Gasteiger partial charge in [-0.1, -0.05) is 12.1 Å². The number of carbonyl (C=O) groups excluding carboxylic acids is 1. The maximum absolute atomic E-state index is 12.1. The fourth-order valence-electron chi connectivity index (χ4n) is 2.35. The Balaban J connectivity index is 0.00000242. The van der Waals surface area contributed by atoms with Crippen LogP contribution in [0, 0.1) is 0 Å². The van der Waals surface area contributed by atoms with Crippen molar-refractivity contribution in [2.75, 3.05) is 20.2 Å². The number of methoxy groups -OCH3 is 1. The molecule has 0 aromatic heterocycles. The van der Waals surface area contributed by atoms with Gasteiger partial charge in [0, 0.05) is 12.6 Å². The van der Waals surface area contributed by atoms with Crippen LogP contribution in [0.4, 0.5) is 0 Å². The van der Waals surface area contributed by atoms with Crippen molar-refractivity contribution in [3.63, 3.8) is 0 Å². The van der Waals surface area contributed by atoms with E-state index in [1.165, 1.54) is 0 Å². The molecule has 2 atom stereocenters. The van der Waals surface area contributed by atoms with Gasteiger partial charge in [-0.25, -0.2) is 0 Å². The summed E-state index contributed by atoms with van der Waals surface area (Å²) in [6.07, 6.45) is 1.67. The van der Waals surface area contributed by atoms with Crippen LogP contribution in [0.1, 0.15) is 25.3 Å². The SMILES string of the molecule is COc1cccc(COC(C)C(=O)N[C@H]2CCCNC2)c1.Cl. The molecular weight excluding hydrogens is 304 g/mol. The van der Waals surface area contributed by atoms with Gasteiger partial charge < -0.3 is 20.1 Å². The highest BCUT2D eigenvalue weighted by Gasteiger charge is 2.19. The van der Waals surface area contributed by atoms with Gasteiger partial charge in [-0.05, 0) is 44.0 Å². The first-order valence-electron chi connectivity index (χ1n) is 7.44. The molecule has 1 heterocycles. The van der Waals surface area contributed by atoms with Crippen molar-refractivity contribution < 1.29 is 14.3 Å². The number of hydrogen-bond donors (Lipinski definition) is 2. The maximum Gasteiger partial charge on any atom is 0.249 e. The van der Waals surface area contributed by atoms with Gasteiger partial charge in [0.25, 0.3) is 0 Å². The van der Waals surface area contributed by atoms with E-state index in [0.717, 1.165) is 37.2 Å². The fourth-order valence-corrected chi connectivity index (χ4v) is 2.35. The van der Waals surface area contributed by atoms with Crippen LogP contribution in [0.5, 0.6) is 5.75 Å². The normalized spacial score (nSPS) is 18.9. The summed E-state index contributed by atoms with van der Waals surface area (Å²) < 4.78 is 10.8. The monoisotopic (exact) mass is 328 g/mol.